The van der Waals surface area contributed by atoms with Crippen molar-refractivity contribution in [1.82, 2.24) is 4.90 Å². The fourth-order valence-corrected chi connectivity index (χ4v) is 2.45. The molecule has 1 amide bonds. The van der Waals surface area contributed by atoms with E-state index in [4.69, 9.17) is 0 Å². The smallest absolute Gasteiger partial charge is 0.254 e. The Balaban J connectivity index is 3.01. The molecular weight excluding hydrogens is 316 g/mol. The molecule has 19 heavy (non-hydrogen) atoms. The van der Waals surface area contributed by atoms with Gasteiger partial charge in [0.1, 0.15) is 0 Å². The molecule has 0 aliphatic carbocycles. The van der Waals surface area contributed by atoms with Crippen molar-refractivity contribution < 1.29 is 13.6 Å². The lowest BCUT2D eigenvalue weighted by Crippen LogP contribution is -2.41. The number of alkyl halides is 1. The minimum Gasteiger partial charge on any atom is -0.335 e. The van der Waals surface area contributed by atoms with Crippen LogP contribution in [0.25, 0.3) is 0 Å². The minimum atomic E-state index is -0.991. The average molecular weight is 334 g/mol. The van der Waals surface area contributed by atoms with E-state index in [2.05, 4.69) is 15.9 Å². The van der Waals surface area contributed by atoms with Gasteiger partial charge in [-0.05, 0) is 31.0 Å². The lowest BCUT2D eigenvalue weighted by molar-refractivity contribution is 0.0682. The maximum atomic E-state index is 13.2. The summed E-state index contributed by atoms with van der Waals surface area (Å²) >= 11 is 3.32. The Morgan fingerprint density at radius 2 is 1.89 bits per heavy atom. The van der Waals surface area contributed by atoms with E-state index in [1.54, 1.807) is 4.90 Å². The van der Waals surface area contributed by atoms with Gasteiger partial charge in [-0.2, -0.15) is 0 Å². The van der Waals surface area contributed by atoms with Crippen LogP contribution < -0.4 is 0 Å². The van der Waals surface area contributed by atoms with Crippen LogP contribution in [-0.2, 0) is 0 Å². The zero-order valence-corrected chi connectivity index (χ0v) is 12.7. The van der Waals surface area contributed by atoms with Crippen molar-refractivity contribution in [2.75, 3.05) is 11.9 Å². The molecule has 0 aromatic heterocycles. The second-order valence-electron chi connectivity index (χ2n) is 4.29. The minimum absolute atomic E-state index is 0.109. The lowest BCUT2D eigenvalue weighted by Gasteiger charge is -2.30. The first-order chi connectivity index (χ1) is 9.04. The normalized spacial score (nSPS) is 10.8. The molecule has 0 N–H and O–H groups in total. The Morgan fingerprint density at radius 3 is 2.37 bits per heavy atom. The Labute approximate surface area is 120 Å². The van der Waals surface area contributed by atoms with E-state index in [1.807, 2.05) is 13.8 Å². The van der Waals surface area contributed by atoms with Gasteiger partial charge in [0.15, 0.2) is 11.6 Å². The first kappa shape index (κ1) is 16.1. The number of rotatable bonds is 6. The van der Waals surface area contributed by atoms with Crippen LogP contribution in [-0.4, -0.2) is 28.7 Å². The summed E-state index contributed by atoms with van der Waals surface area (Å²) in [7, 11) is 0. The van der Waals surface area contributed by atoms with E-state index in [-0.39, 0.29) is 17.5 Å². The number of amides is 1. The molecule has 1 rings (SSSR count). The molecule has 106 valence electrons. The quantitative estimate of drug-likeness (QED) is 0.721. The Kier molecular flexibility index (Phi) is 6.42. The summed E-state index contributed by atoms with van der Waals surface area (Å²) in [6.45, 7) is 4.56. The van der Waals surface area contributed by atoms with Crippen molar-refractivity contribution in [3.8, 4) is 0 Å². The number of nitrogens with zero attached hydrogens (tertiary/aromatic N) is 1. The van der Waals surface area contributed by atoms with Gasteiger partial charge in [0, 0.05) is 23.5 Å². The highest BCUT2D eigenvalue weighted by Gasteiger charge is 2.22. The molecular formula is C14H18BrF2NO. The summed E-state index contributed by atoms with van der Waals surface area (Å²) in [6.07, 6.45) is 1.66. The van der Waals surface area contributed by atoms with Gasteiger partial charge in [-0.3, -0.25) is 4.79 Å². The number of carbonyl (C=O) groups is 1. The number of hydrogen-bond acceptors (Lipinski definition) is 1. The van der Waals surface area contributed by atoms with Crippen LogP contribution >= 0.6 is 15.9 Å². The standard InChI is InChI=1S/C14H18BrF2NO/c1-3-11(4-2)18(8-7-15)14(19)10-5-6-12(16)13(17)9-10/h5-6,9,11H,3-4,7-8H2,1-2H3. The first-order valence-corrected chi connectivity index (χ1v) is 7.49. The van der Waals surface area contributed by atoms with Crippen molar-refractivity contribution in [3.05, 3.63) is 35.4 Å². The average Bonchev–Trinajstić information content (AvgIpc) is 2.41. The van der Waals surface area contributed by atoms with Gasteiger partial charge >= 0.3 is 0 Å². The molecule has 0 spiro atoms. The van der Waals surface area contributed by atoms with Gasteiger partial charge in [0.2, 0.25) is 0 Å². The van der Waals surface area contributed by atoms with Crippen molar-refractivity contribution in [3.63, 3.8) is 0 Å². The van der Waals surface area contributed by atoms with Crippen LogP contribution in [0.3, 0.4) is 0 Å². The van der Waals surface area contributed by atoms with Gasteiger partial charge in [-0.1, -0.05) is 29.8 Å². The predicted octanol–water partition coefficient (Wildman–Crippen LogP) is 3.99. The lowest BCUT2D eigenvalue weighted by atomic mass is 10.1. The topological polar surface area (TPSA) is 20.3 Å². The molecule has 0 aliphatic heterocycles. The van der Waals surface area contributed by atoms with Crippen LogP contribution in [0.4, 0.5) is 8.78 Å². The molecule has 0 unspecified atom stereocenters. The monoisotopic (exact) mass is 333 g/mol. The molecule has 0 fully saturated rings. The zero-order valence-electron chi connectivity index (χ0n) is 11.1. The van der Waals surface area contributed by atoms with E-state index in [0.29, 0.717) is 11.9 Å². The van der Waals surface area contributed by atoms with Crippen molar-refractivity contribution in [2.24, 2.45) is 0 Å². The molecule has 0 heterocycles. The summed E-state index contributed by atoms with van der Waals surface area (Å²) < 4.78 is 26.1. The summed E-state index contributed by atoms with van der Waals surface area (Å²) in [5.74, 6) is -2.19. The Morgan fingerprint density at radius 1 is 1.26 bits per heavy atom. The molecule has 5 heteroatoms. The highest BCUT2D eigenvalue weighted by atomic mass is 79.9. The second kappa shape index (κ2) is 7.58. The first-order valence-electron chi connectivity index (χ1n) is 6.37. The summed E-state index contributed by atoms with van der Waals surface area (Å²) in [4.78, 5) is 14.1. The van der Waals surface area contributed by atoms with E-state index >= 15 is 0 Å². The van der Waals surface area contributed by atoms with Crippen LogP contribution in [0.1, 0.15) is 37.0 Å². The van der Waals surface area contributed by atoms with Gasteiger partial charge in [-0.15, -0.1) is 0 Å². The molecule has 0 aliphatic rings. The molecule has 1 aromatic carbocycles. The van der Waals surface area contributed by atoms with Crippen molar-refractivity contribution in [2.45, 2.75) is 32.7 Å². The fraction of sp³-hybridized carbons (Fsp3) is 0.500. The fourth-order valence-electron chi connectivity index (χ4n) is 2.07. The highest BCUT2D eigenvalue weighted by Crippen LogP contribution is 2.16. The van der Waals surface area contributed by atoms with E-state index < -0.39 is 11.6 Å². The number of carbonyl (C=O) groups excluding carboxylic acids is 1. The third kappa shape index (κ3) is 4.00. The molecule has 0 radical (unpaired) electrons. The van der Waals surface area contributed by atoms with Gasteiger partial charge in [0.25, 0.3) is 5.91 Å². The van der Waals surface area contributed by atoms with E-state index in [9.17, 15) is 13.6 Å². The predicted molar refractivity (Wildman–Crippen MR) is 75.6 cm³/mol. The highest BCUT2D eigenvalue weighted by molar-refractivity contribution is 9.09. The van der Waals surface area contributed by atoms with E-state index in [1.165, 1.54) is 6.07 Å². The zero-order chi connectivity index (χ0) is 14.4. The Bertz CT molecular complexity index is 435. The third-order valence-corrected chi connectivity index (χ3v) is 3.49. The van der Waals surface area contributed by atoms with Crippen molar-refractivity contribution >= 4 is 21.8 Å². The van der Waals surface area contributed by atoms with E-state index in [0.717, 1.165) is 25.0 Å². The molecule has 0 atom stereocenters. The van der Waals surface area contributed by atoms with Crippen molar-refractivity contribution in [1.29, 1.82) is 0 Å². The van der Waals surface area contributed by atoms with Crippen LogP contribution in [0, 0.1) is 11.6 Å². The van der Waals surface area contributed by atoms with Crippen LogP contribution in [0.5, 0.6) is 0 Å². The largest absolute Gasteiger partial charge is 0.335 e. The molecule has 0 saturated carbocycles. The summed E-state index contributed by atoms with van der Waals surface area (Å²) in [5.41, 5.74) is 0.187. The molecule has 0 saturated heterocycles. The summed E-state index contributed by atoms with van der Waals surface area (Å²) in [6, 6.07) is 3.38. The number of hydrogen-bond donors (Lipinski definition) is 0. The van der Waals surface area contributed by atoms with Gasteiger partial charge < -0.3 is 4.90 Å². The number of halogens is 3. The Hall–Kier alpha value is -0.970. The SMILES string of the molecule is CCC(CC)N(CCBr)C(=O)c1ccc(F)c(F)c1. The van der Waals surface area contributed by atoms with Crippen LogP contribution in [0.2, 0.25) is 0 Å². The second-order valence-corrected chi connectivity index (χ2v) is 5.08. The maximum Gasteiger partial charge on any atom is 0.254 e. The molecule has 1 aromatic rings. The van der Waals surface area contributed by atoms with Crippen LogP contribution in [0.15, 0.2) is 18.2 Å². The summed E-state index contributed by atoms with van der Waals surface area (Å²) in [5, 5.41) is 0.652. The van der Waals surface area contributed by atoms with Gasteiger partial charge in [-0.25, -0.2) is 8.78 Å². The molecule has 2 nitrogen and oxygen atoms in total. The molecule has 0 bridgehead atoms. The third-order valence-electron chi connectivity index (χ3n) is 3.14. The number of benzene rings is 1. The maximum absolute atomic E-state index is 13.2. The van der Waals surface area contributed by atoms with Gasteiger partial charge in [0.05, 0.1) is 0 Å².